The van der Waals surface area contributed by atoms with E-state index in [1.165, 1.54) is 12.3 Å². The van der Waals surface area contributed by atoms with Gasteiger partial charge in [0, 0.05) is 36.1 Å². The van der Waals surface area contributed by atoms with Gasteiger partial charge in [0.15, 0.2) is 5.97 Å². The maximum absolute atomic E-state index is 15.1. The topological polar surface area (TPSA) is 62.9 Å². The van der Waals surface area contributed by atoms with E-state index in [4.69, 9.17) is 0 Å². The molecule has 2 atom stereocenters. The van der Waals surface area contributed by atoms with Gasteiger partial charge in [-0.2, -0.15) is 4.39 Å². The smallest absolute Gasteiger partial charge is 0.248 e. The minimum absolute atomic E-state index is 0.0156. The Kier molecular flexibility index (Phi) is 4.64. The summed E-state index contributed by atoms with van der Waals surface area (Å²) in [6, 6.07) is 3.02. The molecule has 2 unspecified atom stereocenters. The Balaban J connectivity index is 1.67. The largest absolute Gasteiger partial charge is 0.310 e. The number of imidazole rings is 1. The maximum atomic E-state index is 15.1. The number of aromatic nitrogens is 2. The van der Waals surface area contributed by atoms with Gasteiger partial charge < -0.3 is 4.90 Å². The first-order valence-corrected chi connectivity index (χ1v) is 10.2. The molecule has 1 amide bonds. The lowest BCUT2D eigenvalue weighted by Crippen LogP contribution is -2.37. The molecule has 3 aliphatic heterocycles. The van der Waals surface area contributed by atoms with Crippen molar-refractivity contribution < 1.29 is 13.6 Å². The highest BCUT2D eigenvalue weighted by atomic mass is 19.1. The molecule has 0 bridgehead atoms. The maximum Gasteiger partial charge on any atom is 0.248 e. The zero-order chi connectivity index (χ0) is 21.7. The van der Waals surface area contributed by atoms with Crippen molar-refractivity contribution in [2.45, 2.75) is 26.2 Å². The van der Waals surface area contributed by atoms with Crippen LogP contribution in [0.4, 0.5) is 8.78 Å². The molecule has 3 aliphatic rings. The van der Waals surface area contributed by atoms with E-state index in [1.807, 2.05) is 26.1 Å². The van der Waals surface area contributed by atoms with Crippen LogP contribution in [0.1, 0.15) is 35.2 Å². The van der Waals surface area contributed by atoms with Crippen molar-refractivity contribution in [2.24, 2.45) is 15.9 Å². The van der Waals surface area contributed by atoms with Gasteiger partial charge in [0.05, 0.1) is 17.3 Å². The number of amides is 1. The molecule has 31 heavy (non-hydrogen) atoms. The van der Waals surface area contributed by atoms with Gasteiger partial charge in [-0.15, -0.1) is 0 Å². The summed E-state index contributed by atoms with van der Waals surface area (Å²) < 4.78 is 31.5. The van der Waals surface area contributed by atoms with Gasteiger partial charge in [-0.1, -0.05) is 13.0 Å². The predicted octanol–water partition coefficient (Wildman–Crippen LogP) is 3.63. The first-order valence-electron chi connectivity index (χ1n) is 10.2. The van der Waals surface area contributed by atoms with E-state index in [-0.39, 0.29) is 18.4 Å². The van der Waals surface area contributed by atoms with E-state index in [2.05, 4.69) is 15.0 Å². The summed E-state index contributed by atoms with van der Waals surface area (Å²) in [6.45, 7) is 4.13. The Morgan fingerprint density at radius 1 is 1.23 bits per heavy atom. The summed E-state index contributed by atoms with van der Waals surface area (Å²) in [7, 11) is 0. The molecule has 0 fully saturated rings. The van der Waals surface area contributed by atoms with E-state index in [0.717, 1.165) is 16.8 Å². The molecule has 158 valence electrons. The van der Waals surface area contributed by atoms with Crippen molar-refractivity contribution in [1.82, 2.24) is 14.5 Å². The number of hydrogen-bond donors (Lipinski definition) is 0. The standard InChI is InChI=1S/C23H21F2N5O/c1-13-5-7-26-23(25)21(13)22-16-6-8-30-18(15(16)3-4-17(22)24)9-19(27-10-20(30)31)29-11-14(2)28-12-29/h3-5,7,9,11-13,21H,6,8,10H2,1-2H3. The monoisotopic (exact) mass is 421 g/mol. The van der Waals surface area contributed by atoms with Crippen LogP contribution >= 0.6 is 0 Å². The Hall–Kier alpha value is -3.42. The fourth-order valence-electron chi connectivity index (χ4n) is 4.53. The third-order valence-electron chi connectivity index (χ3n) is 6.06. The average molecular weight is 421 g/mol. The Bertz CT molecular complexity index is 1210. The Labute approximate surface area is 178 Å². The number of aryl methyl sites for hydroxylation is 1. The van der Waals surface area contributed by atoms with Crippen molar-refractivity contribution in [2.75, 3.05) is 13.1 Å². The van der Waals surface area contributed by atoms with Gasteiger partial charge in [-0.3, -0.25) is 14.4 Å². The van der Waals surface area contributed by atoms with Crippen molar-refractivity contribution in [3.05, 3.63) is 71.2 Å². The van der Waals surface area contributed by atoms with Gasteiger partial charge in [0.1, 0.15) is 24.5 Å². The molecule has 0 saturated heterocycles. The molecule has 0 N–H and O–H groups in total. The number of carbonyl (C=O) groups is 1. The van der Waals surface area contributed by atoms with Gasteiger partial charge in [0.2, 0.25) is 5.91 Å². The highest BCUT2D eigenvalue weighted by molar-refractivity contribution is 6.06. The third-order valence-corrected chi connectivity index (χ3v) is 6.06. The van der Waals surface area contributed by atoms with Gasteiger partial charge >= 0.3 is 0 Å². The molecule has 2 aromatic rings. The number of halogens is 2. The molecule has 0 aliphatic carbocycles. The fourth-order valence-corrected chi connectivity index (χ4v) is 4.53. The van der Waals surface area contributed by atoms with Crippen LogP contribution in [0.2, 0.25) is 0 Å². The summed E-state index contributed by atoms with van der Waals surface area (Å²) in [5, 5.41) is 0. The highest BCUT2D eigenvalue weighted by Crippen LogP contribution is 2.40. The van der Waals surface area contributed by atoms with Crippen LogP contribution in [0.5, 0.6) is 0 Å². The van der Waals surface area contributed by atoms with Crippen LogP contribution in [0.3, 0.4) is 0 Å². The van der Waals surface area contributed by atoms with E-state index >= 15 is 4.39 Å². The van der Waals surface area contributed by atoms with Crippen molar-refractivity contribution >= 4 is 23.4 Å². The summed E-state index contributed by atoms with van der Waals surface area (Å²) >= 11 is 0. The van der Waals surface area contributed by atoms with Crippen LogP contribution in [-0.2, 0) is 11.2 Å². The fraction of sp³-hybridized carbons (Fsp3) is 0.304. The predicted molar refractivity (Wildman–Crippen MR) is 114 cm³/mol. The van der Waals surface area contributed by atoms with Crippen LogP contribution in [0, 0.1) is 18.7 Å². The summed E-state index contributed by atoms with van der Waals surface area (Å²) in [4.78, 5) is 26.9. The quantitative estimate of drug-likeness (QED) is 0.706. The Morgan fingerprint density at radius 2 is 2.06 bits per heavy atom. The van der Waals surface area contributed by atoms with Crippen molar-refractivity contribution in [1.29, 1.82) is 0 Å². The third kappa shape index (κ3) is 3.22. The second-order valence-corrected chi connectivity index (χ2v) is 8.04. The van der Waals surface area contributed by atoms with E-state index in [1.54, 1.807) is 27.9 Å². The van der Waals surface area contributed by atoms with Gasteiger partial charge in [-0.25, -0.2) is 14.4 Å². The molecule has 0 radical (unpaired) electrons. The number of rotatable bonds is 1. The molecule has 4 heterocycles. The van der Waals surface area contributed by atoms with Crippen LogP contribution < -0.4 is 0 Å². The number of nitrogens with zero attached hydrogens (tertiary/aromatic N) is 5. The lowest BCUT2D eigenvalue weighted by atomic mass is 9.79. The molecule has 1 aromatic heterocycles. The summed E-state index contributed by atoms with van der Waals surface area (Å²) in [5.41, 5.74) is 3.24. The lowest BCUT2D eigenvalue weighted by Gasteiger charge is -2.34. The van der Waals surface area contributed by atoms with Crippen LogP contribution in [0.25, 0.3) is 5.70 Å². The van der Waals surface area contributed by atoms with Crippen LogP contribution in [-0.4, -0.2) is 45.2 Å². The van der Waals surface area contributed by atoms with E-state index in [9.17, 15) is 9.18 Å². The molecule has 0 saturated carbocycles. The SMILES string of the molecule is Cc1cn(C2=NCC(=O)N3CCc4c(ccc(F)c4C4C(F)=NC=CC4C)C3=C2)cn1. The molecule has 1 aromatic carbocycles. The second-order valence-electron chi connectivity index (χ2n) is 8.04. The van der Waals surface area contributed by atoms with Gasteiger partial charge in [0.25, 0.3) is 0 Å². The minimum atomic E-state index is -0.780. The number of fused-ring (bicyclic) bond motifs is 3. The number of aliphatic imine (C=N–C) groups is 2. The zero-order valence-electron chi connectivity index (χ0n) is 17.2. The first-order chi connectivity index (χ1) is 14.9. The summed E-state index contributed by atoms with van der Waals surface area (Å²) in [6.07, 6.45) is 8.94. The number of hydrogen-bond acceptors (Lipinski definition) is 4. The average Bonchev–Trinajstić information content (AvgIpc) is 3.10. The molecular formula is C23H21F2N5O. The minimum Gasteiger partial charge on any atom is -0.310 e. The number of benzene rings is 1. The van der Waals surface area contributed by atoms with Crippen molar-refractivity contribution in [3.8, 4) is 0 Å². The molecule has 5 rings (SSSR count). The molecule has 8 heteroatoms. The second kappa shape index (κ2) is 7.37. The van der Waals surface area contributed by atoms with Crippen LogP contribution in [0.15, 0.2) is 53.0 Å². The first kappa shape index (κ1) is 19.5. The molecule has 6 nitrogen and oxygen atoms in total. The normalized spacial score (nSPS) is 22.9. The summed E-state index contributed by atoms with van der Waals surface area (Å²) in [5.74, 6) is -1.61. The van der Waals surface area contributed by atoms with E-state index in [0.29, 0.717) is 30.1 Å². The number of allylic oxidation sites excluding steroid dienone is 2. The van der Waals surface area contributed by atoms with E-state index < -0.39 is 17.7 Å². The highest BCUT2D eigenvalue weighted by Gasteiger charge is 2.36. The number of carbonyl (C=O) groups excluding carboxylic acids is 1. The van der Waals surface area contributed by atoms with Gasteiger partial charge in [-0.05, 0) is 37.0 Å². The Morgan fingerprint density at radius 3 is 2.81 bits per heavy atom. The molecular weight excluding hydrogens is 400 g/mol. The molecule has 0 spiro atoms. The van der Waals surface area contributed by atoms with Crippen molar-refractivity contribution in [3.63, 3.8) is 0 Å². The zero-order valence-corrected chi connectivity index (χ0v) is 17.2. The lowest BCUT2D eigenvalue weighted by molar-refractivity contribution is -0.126.